The van der Waals surface area contributed by atoms with Crippen molar-refractivity contribution in [3.63, 3.8) is 0 Å². The monoisotopic (exact) mass is 248 g/mol. The number of hydrogen-bond acceptors (Lipinski definition) is 4. The Morgan fingerprint density at radius 3 is 2.56 bits per heavy atom. The molecule has 1 unspecified atom stereocenters. The summed E-state index contributed by atoms with van der Waals surface area (Å²) in [5.74, 6) is 1.58. The summed E-state index contributed by atoms with van der Waals surface area (Å²) in [4.78, 5) is 0. The van der Waals surface area contributed by atoms with Crippen LogP contribution < -0.4 is 14.8 Å². The van der Waals surface area contributed by atoms with Gasteiger partial charge in [-0.1, -0.05) is 0 Å². The van der Waals surface area contributed by atoms with E-state index in [9.17, 15) is 0 Å². The smallest absolute Gasteiger partial charge is 0.127 e. The van der Waals surface area contributed by atoms with E-state index in [-0.39, 0.29) is 6.04 Å². The predicted octanol–water partition coefficient (Wildman–Crippen LogP) is 2.58. The summed E-state index contributed by atoms with van der Waals surface area (Å²) >= 11 is 0. The lowest BCUT2D eigenvalue weighted by Gasteiger charge is -2.21. The Morgan fingerprint density at radius 1 is 1.33 bits per heavy atom. The summed E-state index contributed by atoms with van der Waals surface area (Å²) in [6, 6.07) is 6.15. The third kappa shape index (κ3) is 3.14. The van der Waals surface area contributed by atoms with Gasteiger partial charge in [0.15, 0.2) is 0 Å². The third-order valence-corrected chi connectivity index (χ3v) is 3.02. The number of nitriles is 1. The van der Waals surface area contributed by atoms with Crippen molar-refractivity contribution in [3.8, 4) is 17.6 Å². The SMILES string of the molecule is CNC(CCC#N)c1c(C)cc(OC)cc1OC. The van der Waals surface area contributed by atoms with Gasteiger partial charge in [0.25, 0.3) is 0 Å². The van der Waals surface area contributed by atoms with Gasteiger partial charge in [0.1, 0.15) is 11.5 Å². The third-order valence-electron chi connectivity index (χ3n) is 3.02. The van der Waals surface area contributed by atoms with Gasteiger partial charge in [-0.2, -0.15) is 5.26 Å². The van der Waals surface area contributed by atoms with Gasteiger partial charge in [0.2, 0.25) is 0 Å². The zero-order valence-corrected chi connectivity index (χ0v) is 11.4. The molecule has 0 fully saturated rings. The summed E-state index contributed by atoms with van der Waals surface area (Å²) in [6.07, 6.45) is 1.27. The maximum absolute atomic E-state index is 8.71. The number of ether oxygens (including phenoxy) is 2. The van der Waals surface area contributed by atoms with Crippen LogP contribution in [0.3, 0.4) is 0 Å². The lowest BCUT2D eigenvalue weighted by molar-refractivity contribution is 0.383. The van der Waals surface area contributed by atoms with Crippen molar-refractivity contribution in [2.75, 3.05) is 21.3 Å². The van der Waals surface area contributed by atoms with Gasteiger partial charge in [-0.3, -0.25) is 0 Å². The maximum Gasteiger partial charge on any atom is 0.127 e. The normalized spacial score (nSPS) is 11.7. The maximum atomic E-state index is 8.71. The van der Waals surface area contributed by atoms with Crippen LogP contribution in [0.2, 0.25) is 0 Å². The summed E-state index contributed by atoms with van der Waals surface area (Å²) in [7, 11) is 5.18. The largest absolute Gasteiger partial charge is 0.497 e. The lowest BCUT2D eigenvalue weighted by Crippen LogP contribution is -2.18. The van der Waals surface area contributed by atoms with E-state index in [1.54, 1.807) is 14.2 Å². The van der Waals surface area contributed by atoms with Crippen LogP contribution in [-0.4, -0.2) is 21.3 Å². The first kappa shape index (κ1) is 14.3. The van der Waals surface area contributed by atoms with Crippen LogP contribution in [0.1, 0.15) is 30.0 Å². The van der Waals surface area contributed by atoms with Crippen molar-refractivity contribution in [2.45, 2.75) is 25.8 Å². The number of rotatable bonds is 6. The molecule has 98 valence electrons. The Bertz CT molecular complexity index is 438. The number of methoxy groups -OCH3 is 2. The van der Waals surface area contributed by atoms with E-state index < -0.39 is 0 Å². The first-order valence-corrected chi connectivity index (χ1v) is 5.94. The van der Waals surface area contributed by atoms with Gasteiger partial charge in [-0.15, -0.1) is 0 Å². The molecule has 4 heteroatoms. The van der Waals surface area contributed by atoms with Gasteiger partial charge in [0, 0.05) is 24.1 Å². The Balaban J connectivity index is 3.16. The van der Waals surface area contributed by atoms with E-state index in [1.165, 1.54) is 0 Å². The fourth-order valence-corrected chi connectivity index (χ4v) is 2.11. The molecule has 1 atom stereocenters. The van der Waals surface area contributed by atoms with Gasteiger partial charge < -0.3 is 14.8 Å². The van der Waals surface area contributed by atoms with E-state index in [4.69, 9.17) is 14.7 Å². The Kier molecular flexibility index (Phi) is 5.47. The van der Waals surface area contributed by atoms with E-state index in [0.717, 1.165) is 29.0 Å². The molecule has 1 aromatic carbocycles. The minimum atomic E-state index is 0.116. The Labute approximate surface area is 109 Å². The van der Waals surface area contributed by atoms with Crippen molar-refractivity contribution in [2.24, 2.45) is 0 Å². The molecular weight excluding hydrogens is 228 g/mol. The highest BCUT2D eigenvalue weighted by Gasteiger charge is 2.18. The number of benzene rings is 1. The molecule has 0 radical (unpaired) electrons. The first-order chi connectivity index (χ1) is 8.67. The van der Waals surface area contributed by atoms with Gasteiger partial charge >= 0.3 is 0 Å². The second kappa shape index (κ2) is 6.87. The minimum absolute atomic E-state index is 0.116. The summed E-state index contributed by atoms with van der Waals surface area (Å²) in [6.45, 7) is 2.02. The highest BCUT2D eigenvalue weighted by molar-refractivity contribution is 5.48. The summed E-state index contributed by atoms with van der Waals surface area (Å²) < 4.78 is 10.7. The number of nitrogens with zero attached hydrogens (tertiary/aromatic N) is 1. The quantitative estimate of drug-likeness (QED) is 0.840. The number of aryl methyl sites for hydroxylation is 1. The van der Waals surface area contributed by atoms with Crippen molar-refractivity contribution in [1.29, 1.82) is 5.26 Å². The zero-order valence-electron chi connectivity index (χ0n) is 11.4. The second-order valence-electron chi connectivity index (χ2n) is 4.10. The van der Waals surface area contributed by atoms with E-state index in [1.807, 2.05) is 26.1 Å². The van der Waals surface area contributed by atoms with Crippen LogP contribution in [0.4, 0.5) is 0 Å². The Morgan fingerprint density at radius 2 is 2.06 bits per heavy atom. The van der Waals surface area contributed by atoms with Crippen LogP contribution in [0.5, 0.6) is 11.5 Å². The average Bonchev–Trinajstić information content (AvgIpc) is 2.40. The topological polar surface area (TPSA) is 54.3 Å². The molecule has 0 aliphatic carbocycles. The van der Waals surface area contributed by atoms with Crippen LogP contribution >= 0.6 is 0 Å². The predicted molar refractivity (Wildman–Crippen MR) is 70.9 cm³/mol. The number of nitrogens with one attached hydrogen (secondary N) is 1. The first-order valence-electron chi connectivity index (χ1n) is 5.94. The fourth-order valence-electron chi connectivity index (χ4n) is 2.11. The highest BCUT2D eigenvalue weighted by atomic mass is 16.5. The molecule has 0 spiro atoms. The van der Waals surface area contributed by atoms with Crippen LogP contribution in [-0.2, 0) is 0 Å². The molecular formula is C14H20N2O2. The average molecular weight is 248 g/mol. The van der Waals surface area contributed by atoms with Crippen LogP contribution in [0, 0.1) is 18.3 Å². The zero-order chi connectivity index (χ0) is 13.5. The van der Waals surface area contributed by atoms with Crippen LogP contribution in [0.25, 0.3) is 0 Å². The van der Waals surface area contributed by atoms with Crippen molar-refractivity contribution in [1.82, 2.24) is 5.32 Å². The molecule has 0 bridgehead atoms. The molecule has 1 N–H and O–H groups in total. The van der Waals surface area contributed by atoms with Gasteiger partial charge in [0.05, 0.1) is 20.3 Å². The van der Waals surface area contributed by atoms with Gasteiger partial charge in [-0.05, 0) is 32.0 Å². The molecule has 0 aliphatic heterocycles. The molecule has 1 rings (SSSR count). The van der Waals surface area contributed by atoms with Crippen LogP contribution in [0.15, 0.2) is 12.1 Å². The Hall–Kier alpha value is -1.73. The molecule has 0 aromatic heterocycles. The van der Waals surface area contributed by atoms with E-state index >= 15 is 0 Å². The molecule has 0 aliphatic rings. The minimum Gasteiger partial charge on any atom is -0.497 e. The molecule has 0 heterocycles. The van der Waals surface area contributed by atoms with E-state index in [0.29, 0.717) is 6.42 Å². The molecule has 0 saturated heterocycles. The van der Waals surface area contributed by atoms with Crippen molar-refractivity contribution >= 4 is 0 Å². The molecule has 0 amide bonds. The van der Waals surface area contributed by atoms with E-state index in [2.05, 4.69) is 11.4 Å². The van der Waals surface area contributed by atoms with Crippen molar-refractivity contribution in [3.05, 3.63) is 23.3 Å². The molecule has 4 nitrogen and oxygen atoms in total. The summed E-state index contributed by atoms with van der Waals surface area (Å²) in [5.41, 5.74) is 2.19. The summed E-state index contributed by atoms with van der Waals surface area (Å²) in [5, 5.41) is 11.9. The molecule has 1 aromatic rings. The second-order valence-corrected chi connectivity index (χ2v) is 4.10. The lowest BCUT2D eigenvalue weighted by atomic mass is 9.96. The van der Waals surface area contributed by atoms with Crippen molar-refractivity contribution < 1.29 is 9.47 Å². The number of hydrogen-bond donors (Lipinski definition) is 1. The highest BCUT2D eigenvalue weighted by Crippen LogP contribution is 2.34. The standard InChI is InChI=1S/C14H20N2O2/c1-10-8-11(17-3)9-13(18-4)14(10)12(16-2)6-5-7-15/h8-9,12,16H,5-6H2,1-4H3. The molecule has 18 heavy (non-hydrogen) atoms. The fraction of sp³-hybridized carbons (Fsp3) is 0.500. The van der Waals surface area contributed by atoms with Gasteiger partial charge in [-0.25, -0.2) is 0 Å². The molecule has 0 saturated carbocycles.